The molecule has 1 atom stereocenters. The van der Waals surface area contributed by atoms with E-state index in [0.717, 1.165) is 6.26 Å². The van der Waals surface area contributed by atoms with Gasteiger partial charge in [-0.15, -0.1) is 0 Å². The second kappa shape index (κ2) is 8.17. The minimum atomic E-state index is -3.55. The number of aryl methyl sites for hydroxylation is 1. The first-order chi connectivity index (χ1) is 13.6. The van der Waals surface area contributed by atoms with Crippen LogP contribution in [0.2, 0.25) is 10.0 Å². The first-order valence-electron chi connectivity index (χ1n) is 8.27. The molecular weight excluding hydrogens is 442 g/mol. The van der Waals surface area contributed by atoms with E-state index in [0.29, 0.717) is 27.8 Å². The molecule has 11 heteroatoms. The summed E-state index contributed by atoms with van der Waals surface area (Å²) >= 11 is 11.9. The van der Waals surface area contributed by atoms with Gasteiger partial charge in [-0.25, -0.2) is 22.8 Å². The van der Waals surface area contributed by atoms with Crippen molar-refractivity contribution in [2.45, 2.75) is 18.0 Å². The summed E-state index contributed by atoms with van der Waals surface area (Å²) in [5, 5.41) is 3.34. The Morgan fingerprint density at radius 2 is 2.00 bits per heavy atom. The normalized spacial score (nSPS) is 12.6. The van der Waals surface area contributed by atoms with Gasteiger partial charge in [0.1, 0.15) is 17.7 Å². The van der Waals surface area contributed by atoms with Crippen molar-refractivity contribution in [3.05, 3.63) is 63.4 Å². The highest BCUT2D eigenvalue weighted by atomic mass is 35.5. The van der Waals surface area contributed by atoms with E-state index in [1.807, 2.05) is 0 Å². The zero-order valence-electron chi connectivity index (χ0n) is 15.6. The molecule has 0 radical (unpaired) electrons. The van der Waals surface area contributed by atoms with Gasteiger partial charge in [0.2, 0.25) is 0 Å². The van der Waals surface area contributed by atoms with Gasteiger partial charge < -0.3 is 15.0 Å². The lowest BCUT2D eigenvalue weighted by atomic mass is 10.1. The lowest BCUT2D eigenvalue weighted by molar-refractivity contribution is 0.414. The van der Waals surface area contributed by atoms with Crippen LogP contribution in [0.1, 0.15) is 23.1 Å². The Labute approximate surface area is 177 Å². The molecule has 3 rings (SSSR count). The van der Waals surface area contributed by atoms with Gasteiger partial charge >= 0.3 is 0 Å². The predicted octanol–water partition coefficient (Wildman–Crippen LogP) is 4.17. The topological polar surface area (TPSA) is 97.0 Å². The maximum Gasteiger partial charge on any atom is 0.194 e. The third-order valence-electron chi connectivity index (χ3n) is 4.08. The van der Waals surface area contributed by atoms with Gasteiger partial charge in [-0.1, -0.05) is 29.3 Å². The Hall–Kier alpha value is -2.36. The molecule has 0 aliphatic heterocycles. The summed E-state index contributed by atoms with van der Waals surface area (Å²) in [6.45, 7) is 1.60. The summed E-state index contributed by atoms with van der Waals surface area (Å²) in [6.07, 6.45) is 2.50. The number of nitrogens with zero attached hydrogens (tertiary/aromatic N) is 2. The Morgan fingerprint density at radius 3 is 2.59 bits per heavy atom. The number of nitrogens with one attached hydrogen (secondary N) is 2. The van der Waals surface area contributed by atoms with Crippen molar-refractivity contribution in [1.29, 1.82) is 0 Å². The number of rotatable bonds is 6. The SMILES string of the molecule is COc1cc(Cl)cnc1NC(c1ccc(F)c(Cl)c1)c1nc(S(C)(=O)=O)c(C)[nH]1. The lowest BCUT2D eigenvalue weighted by Gasteiger charge is -2.20. The summed E-state index contributed by atoms with van der Waals surface area (Å²) in [4.78, 5) is 11.4. The zero-order chi connectivity index (χ0) is 21.3. The summed E-state index contributed by atoms with van der Waals surface area (Å²) in [6, 6.07) is 4.99. The number of ether oxygens (including phenoxy) is 1. The van der Waals surface area contributed by atoms with Crippen LogP contribution in [0.3, 0.4) is 0 Å². The fourth-order valence-corrected chi connectivity index (χ4v) is 4.00. The van der Waals surface area contributed by atoms with Crippen LogP contribution in [0.5, 0.6) is 5.75 Å². The number of imidazole rings is 1. The van der Waals surface area contributed by atoms with E-state index in [-0.39, 0.29) is 15.9 Å². The van der Waals surface area contributed by atoms with Crippen LogP contribution in [0.25, 0.3) is 0 Å². The van der Waals surface area contributed by atoms with E-state index in [1.54, 1.807) is 13.0 Å². The van der Waals surface area contributed by atoms with Gasteiger partial charge in [-0.3, -0.25) is 0 Å². The standard InChI is InChI=1S/C18H17Cl2FN4O3S/c1-9-18(29(3,26)27)25-17(23-9)15(10-4-5-13(21)12(20)6-10)24-16-14(28-2)7-11(19)8-22-16/h4-8,15H,1-3H3,(H,22,24)(H,23,25). The van der Waals surface area contributed by atoms with Gasteiger partial charge in [0.15, 0.2) is 26.4 Å². The molecule has 0 spiro atoms. The van der Waals surface area contributed by atoms with Crippen molar-refractivity contribution in [3.8, 4) is 5.75 Å². The van der Waals surface area contributed by atoms with Crippen molar-refractivity contribution in [1.82, 2.24) is 15.0 Å². The molecule has 29 heavy (non-hydrogen) atoms. The second-order valence-electron chi connectivity index (χ2n) is 6.28. The number of benzene rings is 1. The number of sulfone groups is 1. The third kappa shape index (κ3) is 4.63. The largest absolute Gasteiger partial charge is 0.493 e. The Bertz CT molecular complexity index is 1170. The van der Waals surface area contributed by atoms with E-state index in [9.17, 15) is 12.8 Å². The maximum atomic E-state index is 13.7. The van der Waals surface area contributed by atoms with E-state index >= 15 is 0 Å². The average molecular weight is 459 g/mol. The Balaban J connectivity index is 2.14. The van der Waals surface area contributed by atoms with E-state index in [2.05, 4.69) is 20.3 Å². The highest BCUT2D eigenvalue weighted by Gasteiger charge is 2.25. The van der Waals surface area contributed by atoms with Crippen LogP contribution < -0.4 is 10.1 Å². The number of aromatic amines is 1. The van der Waals surface area contributed by atoms with E-state index in [4.69, 9.17) is 27.9 Å². The Kier molecular flexibility index (Phi) is 6.02. The molecule has 0 aliphatic rings. The summed E-state index contributed by atoms with van der Waals surface area (Å²) < 4.78 is 43.0. The smallest absolute Gasteiger partial charge is 0.194 e. The van der Waals surface area contributed by atoms with Crippen molar-refractivity contribution in [2.24, 2.45) is 0 Å². The van der Waals surface area contributed by atoms with E-state index < -0.39 is 21.7 Å². The predicted molar refractivity (Wildman–Crippen MR) is 109 cm³/mol. The van der Waals surface area contributed by atoms with Gasteiger partial charge in [0.05, 0.1) is 22.8 Å². The summed E-state index contributed by atoms with van der Waals surface area (Å²) in [5.74, 6) is 0.396. The monoisotopic (exact) mass is 458 g/mol. The first-order valence-corrected chi connectivity index (χ1v) is 10.9. The fourth-order valence-electron chi connectivity index (χ4n) is 2.79. The molecule has 3 aromatic rings. The van der Waals surface area contributed by atoms with Crippen LogP contribution in [0.15, 0.2) is 35.5 Å². The summed E-state index contributed by atoms with van der Waals surface area (Å²) in [7, 11) is -2.09. The van der Waals surface area contributed by atoms with Crippen LogP contribution in [-0.2, 0) is 9.84 Å². The van der Waals surface area contributed by atoms with Gasteiger partial charge in [0.25, 0.3) is 0 Å². The number of halogens is 3. The minimum absolute atomic E-state index is 0.0801. The number of hydrogen-bond donors (Lipinski definition) is 2. The number of anilines is 1. The maximum absolute atomic E-state index is 13.7. The average Bonchev–Trinajstić information content (AvgIpc) is 3.04. The molecule has 2 heterocycles. The van der Waals surface area contributed by atoms with Crippen molar-refractivity contribution < 1.29 is 17.5 Å². The Morgan fingerprint density at radius 1 is 1.28 bits per heavy atom. The van der Waals surface area contributed by atoms with Gasteiger partial charge in [-0.05, 0) is 24.6 Å². The molecule has 0 saturated heterocycles. The third-order valence-corrected chi connectivity index (χ3v) is 5.68. The summed E-state index contributed by atoms with van der Waals surface area (Å²) in [5.41, 5.74) is 0.905. The molecule has 0 bridgehead atoms. The minimum Gasteiger partial charge on any atom is -0.493 e. The quantitative estimate of drug-likeness (QED) is 0.575. The lowest BCUT2D eigenvalue weighted by Crippen LogP contribution is -2.16. The highest BCUT2D eigenvalue weighted by Crippen LogP contribution is 2.33. The van der Waals surface area contributed by atoms with Crippen molar-refractivity contribution >= 4 is 38.9 Å². The molecule has 0 amide bonds. The fraction of sp³-hybridized carbons (Fsp3) is 0.222. The molecule has 7 nitrogen and oxygen atoms in total. The van der Waals surface area contributed by atoms with Gasteiger partial charge in [0, 0.05) is 18.5 Å². The first kappa shape index (κ1) is 21.4. The number of hydrogen-bond acceptors (Lipinski definition) is 6. The molecule has 1 aromatic carbocycles. The van der Waals surface area contributed by atoms with E-state index in [1.165, 1.54) is 31.5 Å². The number of aromatic nitrogens is 3. The van der Waals surface area contributed by atoms with Crippen LogP contribution in [0, 0.1) is 12.7 Å². The van der Waals surface area contributed by atoms with Crippen molar-refractivity contribution in [2.75, 3.05) is 18.7 Å². The van der Waals surface area contributed by atoms with Crippen LogP contribution in [-0.4, -0.2) is 36.7 Å². The molecule has 2 N–H and O–H groups in total. The molecule has 2 aromatic heterocycles. The molecule has 0 aliphatic carbocycles. The van der Waals surface area contributed by atoms with Gasteiger partial charge in [-0.2, -0.15) is 0 Å². The highest BCUT2D eigenvalue weighted by molar-refractivity contribution is 7.90. The number of H-pyrrole nitrogens is 1. The van der Waals surface area contributed by atoms with Crippen LogP contribution >= 0.6 is 23.2 Å². The molecule has 0 saturated carbocycles. The molecule has 154 valence electrons. The van der Waals surface area contributed by atoms with Crippen molar-refractivity contribution in [3.63, 3.8) is 0 Å². The van der Waals surface area contributed by atoms with Crippen LogP contribution in [0.4, 0.5) is 10.2 Å². The number of methoxy groups -OCH3 is 1. The molecular formula is C18H17Cl2FN4O3S. The molecule has 0 fully saturated rings. The number of pyridine rings is 1. The second-order valence-corrected chi connectivity index (χ2v) is 9.05. The molecule has 1 unspecified atom stereocenters. The zero-order valence-corrected chi connectivity index (χ0v) is 18.0.